The third-order valence-electron chi connectivity index (χ3n) is 1.94. The maximum Gasteiger partial charge on any atom is 0.0101 e. The molecule has 0 aromatic heterocycles. The lowest BCUT2D eigenvalue weighted by Crippen LogP contribution is -2.12. The summed E-state index contributed by atoms with van der Waals surface area (Å²) < 4.78 is 0. The van der Waals surface area contributed by atoms with E-state index in [0.29, 0.717) is 0 Å². The van der Waals surface area contributed by atoms with Gasteiger partial charge >= 0.3 is 0 Å². The molecule has 0 unspecified atom stereocenters. The van der Waals surface area contributed by atoms with Gasteiger partial charge in [-0.2, -0.15) is 0 Å². The van der Waals surface area contributed by atoms with E-state index >= 15 is 0 Å². The molecular formula is C12H23N. The summed E-state index contributed by atoms with van der Waals surface area (Å²) in [6.45, 7) is 3.38. The molecule has 0 aromatic carbocycles. The number of unbranched alkanes of at least 4 members (excludes halogenated alkanes) is 4. The van der Waals surface area contributed by atoms with Crippen molar-refractivity contribution in [1.29, 1.82) is 0 Å². The third kappa shape index (κ3) is 11.5. The van der Waals surface area contributed by atoms with Crippen molar-refractivity contribution in [2.75, 3.05) is 20.6 Å². The highest BCUT2D eigenvalue weighted by Gasteiger charge is 1.86. The molecule has 0 saturated heterocycles. The van der Waals surface area contributed by atoms with Gasteiger partial charge in [0.2, 0.25) is 0 Å². The molecule has 0 heterocycles. The van der Waals surface area contributed by atoms with E-state index in [0.717, 1.165) is 19.4 Å². The van der Waals surface area contributed by atoms with Crippen molar-refractivity contribution in [2.24, 2.45) is 0 Å². The summed E-state index contributed by atoms with van der Waals surface area (Å²) in [6, 6.07) is 0. The highest BCUT2D eigenvalue weighted by molar-refractivity contribution is 4.98. The molecule has 1 heteroatoms. The topological polar surface area (TPSA) is 3.24 Å². The maximum absolute atomic E-state index is 3.23. The molecular weight excluding hydrogens is 158 g/mol. The van der Waals surface area contributed by atoms with E-state index in [1.54, 1.807) is 0 Å². The van der Waals surface area contributed by atoms with Crippen molar-refractivity contribution in [1.82, 2.24) is 4.90 Å². The molecule has 0 aliphatic rings. The molecule has 0 radical (unpaired) electrons. The summed E-state index contributed by atoms with van der Waals surface area (Å²) in [4.78, 5) is 2.21. The molecule has 0 bridgehead atoms. The largest absolute Gasteiger partial charge is 0.309 e. The highest BCUT2D eigenvalue weighted by Crippen LogP contribution is 1.97. The molecule has 1 nitrogen and oxygen atoms in total. The zero-order valence-electron chi connectivity index (χ0n) is 9.40. The second-order valence-electron chi connectivity index (χ2n) is 3.72. The predicted molar refractivity (Wildman–Crippen MR) is 59.7 cm³/mol. The lowest BCUT2D eigenvalue weighted by molar-refractivity contribution is 0.403. The molecule has 0 fully saturated rings. The van der Waals surface area contributed by atoms with Gasteiger partial charge < -0.3 is 4.90 Å². The molecule has 0 aliphatic carbocycles. The van der Waals surface area contributed by atoms with Crippen molar-refractivity contribution in [3.63, 3.8) is 0 Å². The number of hydrogen-bond acceptors (Lipinski definition) is 1. The first-order chi connectivity index (χ1) is 6.27. The zero-order valence-corrected chi connectivity index (χ0v) is 9.40. The molecule has 13 heavy (non-hydrogen) atoms. The van der Waals surface area contributed by atoms with Gasteiger partial charge in [0.1, 0.15) is 0 Å². The third-order valence-corrected chi connectivity index (χ3v) is 1.94. The van der Waals surface area contributed by atoms with Crippen LogP contribution in [-0.2, 0) is 0 Å². The summed E-state index contributed by atoms with van der Waals surface area (Å²) in [6.07, 6.45) is 7.25. The van der Waals surface area contributed by atoms with Gasteiger partial charge in [-0.1, -0.05) is 19.8 Å². The van der Waals surface area contributed by atoms with E-state index < -0.39 is 0 Å². The van der Waals surface area contributed by atoms with Gasteiger partial charge in [0.05, 0.1) is 0 Å². The van der Waals surface area contributed by atoms with Gasteiger partial charge in [0, 0.05) is 12.8 Å². The average molecular weight is 181 g/mol. The summed E-state index contributed by atoms with van der Waals surface area (Å²) >= 11 is 0. The molecule has 0 spiro atoms. The first-order valence-corrected chi connectivity index (χ1v) is 5.37. The highest BCUT2D eigenvalue weighted by atomic mass is 15.0. The van der Waals surface area contributed by atoms with Crippen LogP contribution in [0.15, 0.2) is 0 Å². The Bertz CT molecular complexity index is 150. The standard InChI is InChI=1S/C12H23N/c1-4-5-6-7-8-9-10-11-12-13(2)3/h4-7,10-12H2,1-3H3. The van der Waals surface area contributed by atoms with Crippen LogP contribution in [-0.4, -0.2) is 25.5 Å². The van der Waals surface area contributed by atoms with Crippen LogP contribution < -0.4 is 0 Å². The summed E-state index contributed by atoms with van der Waals surface area (Å²) in [5.41, 5.74) is 0. The van der Waals surface area contributed by atoms with Gasteiger partial charge in [-0.05, 0) is 33.5 Å². The van der Waals surface area contributed by atoms with Gasteiger partial charge in [-0.15, -0.1) is 11.8 Å². The fourth-order valence-electron chi connectivity index (χ4n) is 1.12. The Labute approximate surface area is 83.5 Å². The Hall–Kier alpha value is -0.480. The van der Waals surface area contributed by atoms with Crippen LogP contribution in [0, 0.1) is 11.8 Å². The summed E-state index contributed by atoms with van der Waals surface area (Å²) in [5.74, 6) is 6.45. The fraction of sp³-hybridized carbons (Fsp3) is 0.833. The minimum absolute atomic E-state index is 1.06. The average Bonchev–Trinajstić information content (AvgIpc) is 2.09. The van der Waals surface area contributed by atoms with Gasteiger partial charge in [-0.3, -0.25) is 0 Å². The fourth-order valence-corrected chi connectivity index (χ4v) is 1.12. The van der Waals surface area contributed by atoms with E-state index in [4.69, 9.17) is 0 Å². The molecule has 0 aliphatic heterocycles. The van der Waals surface area contributed by atoms with Crippen LogP contribution >= 0.6 is 0 Å². The summed E-state index contributed by atoms with van der Waals surface area (Å²) in [5, 5.41) is 0. The lowest BCUT2D eigenvalue weighted by atomic mass is 10.2. The van der Waals surface area contributed by atoms with E-state index in [1.807, 2.05) is 0 Å². The molecule has 0 saturated carbocycles. The molecule has 0 amide bonds. The van der Waals surface area contributed by atoms with E-state index in [-0.39, 0.29) is 0 Å². The van der Waals surface area contributed by atoms with Crippen molar-refractivity contribution in [2.45, 2.75) is 45.4 Å². The van der Waals surface area contributed by atoms with Crippen LogP contribution in [0.4, 0.5) is 0 Å². The Kier molecular flexibility index (Phi) is 9.25. The van der Waals surface area contributed by atoms with Crippen molar-refractivity contribution < 1.29 is 0 Å². The second-order valence-corrected chi connectivity index (χ2v) is 3.72. The van der Waals surface area contributed by atoms with Crippen LogP contribution in [0.25, 0.3) is 0 Å². The molecule has 0 aromatic rings. The van der Waals surface area contributed by atoms with Crippen LogP contribution in [0.2, 0.25) is 0 Å². The second kappa shape index (κ2) is 9.61. The Morgan fingerprint density at radius 1 is 0.923 bits per heavy atom. The normalized spacial score (nSPS) is 9.85. The Balaban J connectivity index is 3.11. The van der Waals surface area contributed by atoms with Gasteiger partial charge in [0.25, 0.3) is 0 Å². The van der Waals surface area contributed by atoms with E-state index in [9.17, 15) is 0 Å². The smallest absolute Gasteiger partial charge is 0.0101 e. The molecule has 76 valence electrons. The van der Waals surface area contributed by atoms with Crippen LogP contribution in [0.1, 0.15) is 45.4 Å². The maximum atomic E-state index is 3.23. The Morgan fingerprint density at radius 3 is 2.08 bits per heavy atom. The first kappa shape index (κ1) is 12.5. The van der Waals surface area contributed by atoms with Crippen LogP contribution in [0.3, 0.4) is 0 Å². The van der Waals surface area contributed by atoms with Crippen molar-refractivity contribution >= 4 is 0 Å². The number of rotatable bonds is 6. The Morgan fingerprint density at radius 2 is 1.54 bits per heavy atom. The number of nitrogens with zero attached hydrogens (tertiary/aromatic N) is 1. The van der Waals surface area contributed by atoms with Crippen molar-refractivity contribution in [3.8, 4) is 11.8 Å². The molecule has 0 N–H and O–H groups in total. The van der Waals surface area contributed by atoms with Gasteiger partial charge in [0.15, 0.2) is 0 Å². The predicted octanol–water partition coefficient (Wildman–Crippen LogP) is 2.91. The lowest BCUT2D eigenvalue weighted by Gasteiger charge is -2.05. The van der Waals surface area contributed by atoms with Crippen molar-refractivity contribution in [3.05, 3.63) is 0 Å². The quantitative estimate of drug-likeness (QED) is 0.450. The molecule has 0 atom stereocenters. The van der Waals surface area contributed by atoms with E-state index in [2.05, 4.69) is 37.8 Å². The molecule has 0 rings (SSSR count). The van der Waals surface area contributed by atoms with Crippen LogP contribution in [0.5, 0.6) is 0 Å². The first-order valence-electron chi connectivity index (χ1n) is 5.37. The minimum atomic E-state index is 1.06. The monoisotopic (exact) mass is 181 g/mol. The zero-order chi connectivity index (χ0) is 9.94. The van der Waals surface area contributed by atoms with Gasteiger partial charge in [-0.25, -0.2) is 0 Å². The minimum Gasteiger partial charge on any atom is -0.309 e. The summed E-state index contributed by atoms with van der Waals surface area (Å²) in [7, 11) is 4.21. The SMILES string of the molecule is CCCCCC#CCCCN(C)C. The van der Waals surface area contributed by atoms with E-state index in [1.165, 1.54) is 25.7 Å². The number of hydrogen-bond donors (Lipinski definition) is 0.